The Kier molecular flexibility index (Phi) is 3.91. The fourth-order valence-corrected chi connectivity index (χ4v) is 0.903. The molecular weight excluding hydrogens is 183 g/mol. The van der Waals surface area contributed by atoms with Crippen LogP contribution in [0.1, 0.15) is 5.56 Å². The van der Waals surface area contributed by atoms with E-state index in [0.29, 0.717) is 18.2 Å². The quantitative estimate of drug-likeness (QED) is 0.683. The maximum atomic E-state index is 12.3. The fraction of sp³-hybridized carbons (Fsp3) is 0.300. The minimum atomic E-state index is -0.132. The van der Waals surface area contributed by atoms with Gasteiger partial charge in [0.2, 0.25) is 0 Å². The molecule has 4 heteroatoms. The summed E-state index contributed by atoms with van der Waals surface area (Å²) in [5.41, 5.74) is 5.76. The van der Waals surface area contributed by atoms with E-state index in [1.807, 2.05) is 6.07 Å². The molecule has 0 aromatic heterocycles. The number of halogens is 1. The predicted octanol–water partition coefficient (Wildman–Crippen LogP) is 1.47. The Morgan fingerprint density at radius 1 is 1.43 bits per heavy atom. The molecule has 0 amide bonds. The van der Waals surface area contributed by atoms with E-state index in [4.69, 9.17) is 5.73 Å². The molecule has 0 unspecified atom stereocenters. The Morgan fingerprint density at radius 2 is 2.14 bits per heavy atom. The molecular formula is C10H13FN2O. The van der Waals surface area contributed by atoms with Crippen molar-refractivity contribution in [3.63, 3.8) is 0 Å². The van der Waals surface area contributed by atoms with Crippen LogP contribution in [-0.2, 0) is 4.74 Å². The molecule has 2 rings (SSSR count). The van der Waals surface area contributed by atoms with Crippen molar-refractivity contribution in [3.8, 4) is 0 Å². The molecule has 0 spiro atoms. The maximum absolute atomic E-state index is 12.3. The van der Waals surface area contributed by atoms with Crippen molar-refractivity contribution >= 4 is 6.02 Å². The van der Waals surface area contributed by atoms with E-state index in [1.54, 1.807) is 19.1 Å². The SMILES string of the molecule is Cc1ccccc1F.NC1=NCCO1. The fourth-order valence-electron chi connectivity index (χ4n) is 0.903. The molecule has 14 heavy (non-hydrogen) atoms. The molecule has 1 heterocycles. The summed E-state index contributed by atoms with van der Waals surface area (Å²) in [5, 5.41) is 0. The summed E-state index contributed by atoms with van der Waals surface area (Å²) in [5.74, 6) is -0.132. The number of amidine groups is 1. The summed E-state index contributed by atoms with van der Waals surface area (Å²) < 4.78 is 17.0. The van der Waals surface area contributed by atoms with Gasteiger partial charge in [-0.25, -0.2) is 9.38 Å². The first kappa shape index (κ1) is 10.5. The summed E-state index contributed by atoms with van der Waals surface area (Å²) in [4.78, 5) is 3.71. The number of nitrogens with two attached hydrogens (primary N) is 1. The van der Waals surface area contributed by atoms with Gasteiger partial charge in [-0.3, -0.25) is 0 Å². The van der Waals surface area contributed by atoms with Gasteiger partial charge in [-0.2, -0.15) is 0 Å². The molecule has 0 aliphatic carbocycles. The zero-order chi connectivity index (χ0) is 10.4. The van der Waals surface area contributed by atoms with E-state index in [-0.39, 0.29) is 5.82 Å². The molecule has 1 aromatic carbocycles. The van der Waals surface area contributed by atoms with E-state index >= 15 is 0 Å². The Morgan fingerprint density at radius 3 is 2.43 bits per heavy atom. The second kappa shape index (κ2) is 5.21. The lowest BCUT2D eigenvalue weighted by Crippen LogP contribution is -2.10. The molecule has 3 nitrogen and oxygen atoms in total. The minimum Gasteiger partial charge on any atom is -0.463 e. The second-order valence-electron chi connectivity index (χ2n) is 2.82. The summed E-state index contributed by atoms with van der Waals surface area (Å²) in [6.45, 7) is 3.13. The van der Waals surface area contributed by atoms with Crippen molar-refractivity contribution in [2.45, 2.75) is 6.92 Å². The van der Waals surface area contributed by atoms with Gasteiger partial charge in [-0.05, 0) is 18.6 Å². The zero-order valence-electron chi connectivity index (χ0n) is 8.03. The molecule has 0 radical (unpaired) electrons. The van der Waals surface area contributed by atoms with Crippen LogP contribution in [-0.4, -0.2) is 19.2 Å². The van der Waals surface area contributed by atoms with Crippen molar-refractivity contribution in [3.05, 3.63) is 35.6 Å². The lowest BCUT2D eigenvalue weighted by Gasteiger charge is -1.89. The van der Waals surface area contributed by atoms with Gasteiger partial charge in [0.05, 0.1) is 6.54 Å². The molecule has 0 atom stereocenters. The van der Waals surface area contributed by atoms with Crippen LogP contribution in [0, 0.1) is 12.7 Å². The van der Waals surface area contributed by atoms with E-state index in [9.17, 15) is 4.39 Å². The van der Waals surface area contributed by atoms with Crippen molar-refractivity contribution in [2.75, 3.05) is 13.2 Å². The van der Waals surface area contributed by atoms with Gasteiger partial charge in [-0.15, -0.1) is 0 Å². The van der Waals surface area contributed by atoms with Gasteiger partial charge >= 0.3 is 0 Å². The molecule has 76 valence electrons. The standard InChI is InChI=1S/C7H7F.C3H6N2O/c1-6-4-2-3-5-7(6)8;4-3-5-1-2-6-3/h2-5H,1H3;1-2H2,(H2,4,5). The molecule has 0 fully saturated rings. The Bertz CT molecular complexity index is 305. The highest BCUT2D eigenvalue weighted by Gasteiger charge is 1.97. The Labute approximate surface area is 82.4 Å². The molecule has 0 saturated heterocycles. The van der Waals surface area contributed by atoms with Crippen LogP contribution < -0.4 is 5.73 Å². The predicted molar refractivity (Wildman–Crippen MR) is 53.6 cm³/mol. The average molecular weight is 196 g/mol. The number of hydrogen-bond donors (Lipinski definition) is 1. The van der Waals surface area contributed by atoms with Crippen LogP contribution in [0.2, 0.25) is 0 Å². The third kappa shape index (κ3) is 3.43. The summed E-state index contributed by atoms with van der Waals surface area (Å²) >= 11 is 0. The monoisotopic (exact) mass is 196 g/mol. The smallest absolute Gasteiger partial charge is 0.282 e. The van der Waals surface area contributed by atoms with Gasteiger partial charge in [-0.1, -0.05) is 18.2 Å². The minimum absolute atomic E-state index is 0.132. The van der Waals surface area contributed by atoms with E-state index in [1.165, 1.54) is 6.07 Å². The van der Waals surface area contributed by atoms with Crippen molar-refractivity contribution in [1.29, 1.82) is 0 Å². The second-order valence-corrected chi connectivity index (χ2v) is 2.82. The van der Waals surface area contributed by atoms with Gasteiger partial charge in [0.1, 0.15) is 12.4 Å². The first-order valence-electron chi connectivity index (χ1n) is 4.34. The molecule has 2 N–H and O–H groups in total. The average Bonchev–Trinajstić information content (AvgIpc) is 2.63. The molecule has 0 bridgehead atoms. The van der Waals surface area contributed by atoms with Gasteiger partial charge in [0.25, 0.3) is 6.02 Å². The van der Waals surface area contributed by atoms with Crippen LogP contribution in [0.25, 0.3) is 0 Å². The highest BCUT2D eigenvalue weighted by atomic mass is 19.1. The van der Waals surface area contributed by atoms with Gasteiger partial charge in [0, 0.05) is 0 Å². The normalized spacial score (nSPS) is 13.7. The number of benzene rings is 1. The molecule has 0 saturated carbocycles. The van der Waals surface area contributed by atoms with E-state index < -0.39 is 0 Å². The van der Waals surface area contributed by atoms with Crippen molar-refractivity contribution in [1.82, 2.24) is 0 Å². The molecule has 1 aliphatic heterocycles. The topological polar surface area (TPSA) is 47.6 Å². The van der Waals surface area contributed by atoms with Crippen molar-refractivity contribution < 1.29 is 9.13 Å². The Balaban J connectivity index is 0.000000146. The van der Waals surface area contributed by atoms with Crippen LogP contribution in [0.3, 0.4) is 0 Å². The summed E-state index contributed by atoms with van der Waals surface area (Å²) in [7, 11) is 0. The first-order chi connectivity index (χ1) is 6.70. The third-order valence-corrected chi connectivity index (χ3v) is 1.69. The van der Waals surface area contributed by atoms with Crippen LogP contribution in [0.5, 0.6) is 0 Å². The number of rotatable bonds is 0. The largest absolute Gasteiger partial charge is 0.463 e. The highest BCUT2D eigenvalue weighted by Crippen LogP contribution is 2.01. The van der Waals surface area contributed by atoms with Crippen molar-refractivity contribution in [2.24, 2.45) is 10.7 Å². The van der Waals surface area contributed by atoms with Gasteiger partial charge in [0.15, 0.2) is 0 Å². The van der Waals surface area contributed by atoms with E-state index in [0.717, 1.165) is 6.54 Å². The number of aliphatic imine (C=N–C) groups is 1. The van der Waals surface area contributed by atoms with E-state index in [2.05, 4.69) is 9.73 Å². The highest BCUT2D eigenvalue weighted by molar-refractivity contribution is 5.72. The van der Waals surface area contributed by atoms with Crippen LogP contribution >= 0.6 is 0 Å². The third-order valence-electron chi connectivity index (χ3n) is 1.69. The summed E-state index contributed by atoms with van der Waals surface area (Å²) in [6.07, 6.45) is 0. The lowest BCUT2D eigenvalue weighted by molar-refractivity contribution is 0.342. The number of aryl methyl sites for hydroxylation is 1. The summed E-state index contributed by atoms with van der Waals surface area (Å²) in [6, 6.07) is 7.03. The first-order valence-corrected chi connectivity index (χ1v) is 4.34. The number of ether oxygens (including phenoxy) is 1. The number of nitrogens with zero attached hydrogens (tertiary/aromatic N) is 1. The zero-order valence-corrected chi connectivity index (χ0v) is 8.03. The molecule has 1 aliphatic rings. The Hall–Kier alpha value is -1.58. The van der Waals surface area contributed by atoms with Crippen LogP contribution in [0.15, 0.2) is 29.3 Å². The lowest BCUT2D eigenvalue weighted by atomic mass is 10.2. The maximum Gasteiger partial charge on any atom is 0.282 e. The number of hydrogen-bond acceptors (Lipinski definition) is 3. The van der Waals surface area contributed by atoms with Crippen LogP contribution in [0.4, 0.5) is 4.39 Å². The van der Waals surface area contributed by atoms with Gasteiger partial charge < -0.3 is 10.5 Å². The molecule has 1 aromatic rings.